The van der Waals surface area contributed by atoms with E-state index in [1.165, 1.54) is 0 Å². The van der Waals surface area contributed by atoms with E-state index in [-0.39, 0.29) is 1.43 Å². The highest BCUT2D eigenvalue weighted by Crippen LogP contribution is 1.93. The van der Waals surface area contributed by atoms with Crippen molar-refractivity contribution >= 4 is 0 Å². The zero-order valence-electron chi connectivity index (χ0n) is 9.21. The fourth-order valence-corrected chi connectivity index (χ4v) is 1.52. The summed E-state index contributed by atoms with van der Waals surface area (Å²) in [6.07, 6.45) is 8.56. The van der Waals surface area contributed by atoms with E-state index in [0.717, 1.165) is 31.7 Å². The summed E-state index contributed by atoms with van der Waals surface area (Å²) in [5.74, 6) is 0. The van der Waals surface area contributed by atoms with Gasteiger partial charge in [0.25, 0.3) is 0 Å². The summed E-state index contributed by atoms with van der Waals surface area (Å²) in [6, 6.07) is 5.97. The largest absolute Gasteiger partial charge is 0.337 e. The van der Waals surface area contributed by atoms with Crippen molar-refractivity contribution in [3.63, 3.8) is 0 Å². The highest BCUT2D eigenvalue weighted by Gasteiger charge is 1.93. The Morgan fingerprint density at radius 2 is 2.31 bits per heavy atom. The Labute approximate surface area is 96.8 Å². The molecule has 0 unspecified atom stereocenters. The van der Waals surface area contributed by atoms with Crippen molar-refractivity contribution in [3.8, 4) is 0 Å². The van der Waals surface area contributed by atoms with Gasteiger partial charge >= 0.3 is 0 Å². The first-order valence-corrected chi connectivity index (χ1v) is 5.51. The third kappa shape index (κ3) is 3.47. The number of hydrogen-bond acceptors (Lipinski definition) is 3. The van der Waals surface area contributed by atoms with E-state index in [0.29, 0.717) is 0 Å². The SMILES string of the molecule is [HH].c1ccc(CNCCCn2ccnc2)nc1. The number of aryl methyl sites for hydroxylation is 1. The molecular weight excluding hydrogens is 200 g/mol. The Morgan fingerprint density at radius 3 is 3.06 bits per heavy atom. The lowest BCUT2D eigenvalue weighted by Gasteiger charge is -2.04. The molecule has 0 aromatic carbocycles. The molecule has 0 aliphatic carbocycles. The molecule has 0 amide bonds. The molecule has 86 valence electrons. The van der Waals surface area contributed by atoms with Crippen LogP contribution in [-0.4, -0.2) is 21.1 Å². The number of rotatable bonds is 6. The van der Waals surface area contributed by atoms with Gasteiger partial charge in [-0.25, -0.2) is 4.98 Å². The smallest absolute Gasteiger partial charge is 0.0945 e. The van der Waals surface area contributed by atoms with E-state index < -0.39 is 0 Å². The molecule has 2 aromatic rings. The standard InChI is InChI=1S/C12H16N4.H2/c1-2-6-15-12(4-1)10-13-5-3-8-16-9-7-14-11-16;/h1-2,4,6-7,9,11,13H,3,5,8,10H2;1H. The molecule has 0 radical (unpaired) electrons. The van der Waals surface area contributed by atoms with Gasteiger partial charge < -0.3 is 9.88 Å². The molecular formula is C12H18N4. The second-order valence-electron chi connectivity index (χ2n) is 3.65. The monoisotopic (exact) mass is 218 g/mol. The van der Waals surface area contributed by atoms with Gasteiger partial charge in [-0.05, 0) is 25.1 Å². The quantitative estimate of drug-likeness (QED) is 0.750. The fourth-order valence-electron chi connectivity index (χ4n) is 1.52. The lowest BCUT2D eigenvalue weighted by atomic mass is 10.3. The van der Waals surface area contributed by atoms with Crippen LogP contribution in [-0.2, 0) is 13.1 Å². The zero-order valence-corrected chi connectivity index (χ0v) is 9.21. The van der Waals surface area contributed by atoms with E-state index >= 15 is 0 Å². The molecule has 2 aromatic heterocycles. The second kappa shape index (κ2) is 6.02. The maximum absolute atomic E-state index is 4.25. The van der Waals surface area contributed by atoms with Crippen molar-refractivity contribution in [3.05, 3.63) is 48.8 Å². The average molecular weight is 218 g/mol. The number of pyridine rings is 1. The highest BCUT2D eigenvalue weighted by atomic mass is 15.0. The predicted octanol–water partition coefficient (Wildman–Crippen LogP) is 1.70. The van der Waals surface area contributed by atoms with Crippen molar-refractivity contribution < 1.29 is 1.43 Å². The number of imidazole rings is 1. The van der Waals surface area contributed by atoms with Gasteiger partial charge in [0.15, 0.2) is 0 Å². The number of nitrogens with zero attached hydrogens (tertiary/aromatic N) is 3. The first kappa shape index (κ1) is 10.8. The summed E-state index contributed by atoms with van der Waals surface area (Å²) in [5, 5.41) is 3.37. The summed E-state index contributed by atoms with van der Waals surface area (Å²) in [5.41, 5.74) is 1.09. The Balaban J connectivity index is 0.00000144. The molecule has 2 rings (SSSR count). The van der Waals surface area contributed by atoms with Crippen molar-refractivity contribution in [1.82, 2.24) is 19.9 Å². The van der Waals surface area contributed by atoms with Crippen LogP contribution < -0.4 is 5.32 Å². The summed E-state index contributed by atoms with van der Waals surface area (Å²) >= 11 is 0. The van der Waals surface area contributed by atoms with Crippen molar-refractivity contribution in [2.24, 2.45) is 0 Å². The fraction of sp³-hybridized carbons (Fsp3) is 0.333. The summed E-state index contributed by atoms with van der Waals surface area (Å²) < 4.78 is 2.09. The zero-order chi connectivity index (χ0) is 11.1. The summed E-state index contributed by atoms with van der Waals surface area (Å²) in [4.78, 5) is 8.25. The van der Waals surface area contributed by atoms with E-state index in [4.69, 9.17) is 0 Å². The normalized spacial score (nSPS) is 10.5. The molecule has 1 N–H and O–H groups in total. The molecule has 0 aliphatic rings. The van der Waals surface area contributed by atoms with Crippen LogP contribution in [0.1, 0.15) is 13.5 Å². The molecule has 0 bridgehead atoms. The highest BCUT2D eigenvalue weighted by molar-refractivity contribution is 5.02. The van der Waals surface area contributed by atoms with Gasteiger partial charge in [-0.15, -0.1) is 0 Å². The van der Waals surface area contributed by atoms with Crippen LogP contribution >= 0.6 is 0 Å². The molecule has 0 spiro atoms. The number of aromatic nitrogens is 3. The van der Waals surface area contributed by atoms with Gasteiger partial charge in [-0.2, -0.15) is 0 Å². The first-order chi connectivity index (χ1) is 7.95. The van der Waals surface area contributed by atoms with E-state index in [1.54, 1.807) is 6.20 Å². The maximum atomic E-state index is 4.25. The predicted molar refractivity (Wildman–Crippen MR) is 64.9 cm³/mol. The van der Waals surface area contributed by atoms with Gasteiger partial charge in [-0.3, -0.25) is 4.98 Å². The van der Waals surface area contributed by atoms with Crippen LogP contribution in [0.25, 0.3) is 0 Å². The lowest BCUT2D eigenvalue weighted by molar-refractivity contribution is 0.577. The molecule has 0 saturated heterocycles. The Morgan fingerprint density at radius 1 is 1.31 bits per heavy atom. The van der Waals surface area contributed by atoms with Crippen LogP contribution in [0.2, 0.25) is 0 Å². The average Bonchev–Trinajstić information content (AvgIpc) is 2.83. The molecule has 2 heterocycles. The van der Waals surface area contributed by atoms with E-state index in [9.17, 15) is 0 Å². The second-order valence-corrected chi connectivity index (χ2v) is 3.65. The van der Waals surface area contributed by atoms with Gasteiger partial charge in [0.2, 0.25) is 0 Å². The Hall–Kier alpha value is -1.68. The third-order valence-electron chi connectivity index (χ3n) is 2.36. The maximum Gasteiger partial charge on any atom is 0.0945 e. The Bertz CT molecular complexity index is 388. The molecule has 0 saturated carbocycles. The molecule has 0 atom stereocenters. The van der Waals surface area contributed by atoms with Crippen molar-refractivity contribution in [1.29, 1.82) is 0 Å². The minimum atomic E-state index is 0. The summed E-state index contributed by atoms with van der Waals surface area (Å²) in [7, 11) is 0. The first-order valence-electron chi connectivity index (χ1n) is 5.51. The van der Waals surface area contributed by atoms with Crippen LogP contribution in [0.3, 0.4) is 0 Å². The van der Waals surface area contributed by atoms with Crippen LogP contribution in [0.4, 0.5) is 0 Å². The van der Waals surface area contributed by atoms with Gasteiger partial charge in [0.05, 0.1) is 12.0 Å². The third-order valence-corrected chi connectivity index (χ3v) is 2.36. The topological polar surface area (TPSA) is 42.7 Å². The minimum Gasteiger partial charge on any atom is -0.337 e. The van der Waals surface area contributed by atoms with Crippen LogP contribution in [0.5, 0.6) is 0 Å². The van der Waals surface area contributed by atoms with Gasteiger partial charge in [-0.1, -0.05) is 6.07 Å². The van der Waals surface area contributed by atoms with E-state index in [1.807, 2.05) is 36.9 Å². The molecule has 0 fully saturated rings. The van der Waals surface area contributed by atoms with Crippen molar-refractivity contribution in [2.75, 3.05) is 6.54 Å². The van der Waals surface area contributed by atoms with Gasteiger partial charge in [0.1, 0.15) is 0 Å². The lowest BCUT2D eigenvalue weighted by Crippen LogP contribution is -2.16. The van der Waals surface area contributed by atoms with Crippen LogP contribution in [0.15, 0.2) is 43.1 Å². The molecule has 0 aliphatic heterocycles. The van der Waals surface area contributed by atoms with Crippen molar-refractivity contribution in [2.45, 2.75) is 19.5 Å². The van der Waals surface area contributed by atoms with Crippen LogP contribution in [0, 0.1) is 0 Å². The van der Waals surface area contributed by atoms with E-state index in [2.05, 4.69) is 19.9 Å². The summed E-state index contributed by atoms with van der Waals surface area (Å²) in [6.45, 7) is 2.84. The minimum absolute atomic E-state index is 0. The number of hydrogen-bond donors (Lipinski definition) is 1. The molecule has 4 heteroatoms. The number of nitrogens with one attached hydrogen (secondary N) is 1. The Kier molecular flexibility index (Phi) is 4.08. The molecule has 16 heavy (non-hydrogen) atoms. The van der Waals surface area contributed by atoms with Gasteiger partial charge in [0, 0.05) is 33.1 Å². The molecule has 4 nitrogen and oxygen atoms in total.